The molecule has 40 heavy (non-hydrogen) atoms. The maximum atomic E-state index is 13.3. The van der Waals surface area contributed by atoms with Gasteiger partial charge in [-0.2, -0.15) is 0 Å². The number of amides is 3. The van der Waals surface area contributed by atoms with Crippen LogP contribution in [0, 0.1) is 5.92 Å². The molecule has 0 aliphatic heterocycles. The van der Waals surface area contributed by atoms with E-state index in [9.17, 15) is 34.2 Å². The van der Waals surface area contributed by atoms with Crippen LogP contribution in [0.3, 0.4) is 0 Å². The lowest BCUT2D eigenvalue weighted by Crippen LogP contribution is -2.59. The van der Waals surface area contributed by atoms with Gasteiger partial charge in [0.05, 0.1) is 6.04 Å². The second-order valence-electron chi connectivity index (χ2n) is 9.79. The van der Waals surface area contributed by atoms with E-state index in [1.165, 1.54) is 24.3 Å². The highest BCUT2D eigenvalue weighted by Crippen LogP contribution is 2.13. The van der Waals surface area contributed by atoms with Crippen molar-refractivity contribution in [3.63, 3.8) is 0 Å². The van der Waals surface area contributed by atoms with E-state index in [0.29, 0.717) is 5.56 Å². The number of phenolic OH excluding ortho intramolecular Hbond substituents is 1. The molecule has 0 aromatic heterocycles. The predicted octanol–water partition coefficient (Wildman–Crippen LogP) is 0.565. The van der Waals surface area contributed by atoms with Crippen LogP contribution in [0.25, 0.3) is 0 Å². The standard InChI is InChI=1S/C28H36N4O8/c1-16(2)24(32-25(36)20(29)14-17-6-4-3-5-7-17)27(38)31-22(15-18-8-10-19(33)11-9-18)26(37)30-21(28(39)40)12-13-23(34)35/h3-11,16,20-22,24,33H,12-15,29H2,1-2H3,(H,30,37)(H,31,38)(H,32,36)(H,34,35)(H,39,40). The minimum absolute atomic E-state index is 0.0113. The van der Waals surface area contributed by atoms with Gasteiger partial charge in [0, 0.05) is 12.8 Å². The van der Waals surface area contributed by atoms with Crippen molar-refractivity contribution in [2.75, 3.05) is 0 Å². The third kappa shape index (κ3) is 10.4. The Balaban J connectivity index is 2.20. The molecule has 0 aliphatic rings. The van der Waals surface area contributed by atoms with E-state index < -0.39 is 66.2 Å². The third-order valence-corrected chi connectivity index (χ3v) is 6.15. The summed E-state index contributed by atoms with van der Waals surface area (Å²) in [5.74, 6) is -5.16. The second kappa shape index (κ2) is 15.2. The summed E-state index contributed by atoms with van der Waals surface area (Å²) in [6, 6.07) is 10.2. The summed E-state index contributed by atoms with van der Waals surface area (Å²) in [6.45, 7) is 3.41. The summed E-state index contributed by atoms with van der Waals surface area (Å²) in [4.78, 5) is 61.8. The van der Waals surface area contributed by atoms with Gasteiger partial charge in [-0.15, -0.1) is 0 Å². The van der Waals surface area contributed by atoms with Gasteiger partial charge in [0.15, 0.2) is 0 Å². The SMILES string of the molecule is CC(C)C(NC(=O)C(N)Cc1ccccc1)C(=O)NC(Cc1ccc(O)cc1)C(=O)NC(CCC(=O)O)C(=O)O. The lowest BCUT2D eigenvalue weighted by molar-refractivity contribution is -0.143. The van der Waals surface area contributed by atoms with E-state index in [4.69, 9.17) is 10.8 Å². The molecule has 0 spiro atoms. The number of hydrogen-bond donors (Lipinski definition) is 7. The van der Waals surface area contributed by atoms with Crippen molar-refractivity contribution < 1.29 is 39.3 Å². The van der Waals surface area contributed by atoms with Gasteiger partial charge < -0.3 is 37.0 Å². The number of carboxylic acid groups (broad SMARTS) is 2. The second-order valence-corrected chi connectivity index (χ2v) is 9.79. The number of carbonyl (C=O) groups is 5. The Hall–Kier alpha value is -4.45. The van der Waals surface area contributed by atoms with Crippen molar-refractivity contribution in [1.82, 2.24) is 16.0 Å². The number of carbonyl (C=O) groups excluding carboxylic acids is 3. The first kappa shape index (κ1) is 31.8. The number of aliphatic carboxylic acids is 2. The summed E-state index contributed by atoms with van der Waals surface area (Å²) < 4.78 is 0. The van der Waals surface area contributed by atoms with Crippen molar-refractivity contribution in [2.45, 2.75) is 63.7 Å². The highest BCUT2D eigenvalue weighted by atomic mass is 16.4. The molecule has 4 atom stereocenters. The zero-order chi connectivity index (χ0) is 29.8. The van der Waals surface area contributed by atoms with Crippen molar-refractivity contribution in [2.24, 2.45) is 11.7 Å². The fourth-order valence-corrected chi connectivity index (χ4v) is 3.89. The van der Waals surface area contributed by atoms with Gasteiger partial charge in [0.1, 0.15) is 23.9 Å². The molecule has 12 nitrogen and oxygen atoms in total. The summed E-state index contributed by atoms with van der Waals surface area (Å²) in [5.41, 5.74) is 7.46. The highest BCUT2D eigenvalue weighted by molar-refractivity contribution is 5.94. The van der Waals surface area contributed by atoms with Gasteiger partial charge in [-0.25, -0.2) is 4.79 Å². The van der Waals surface area contributed by atoms with Crippen LogP contribution in [0.2, 0.25) is 0 Å². The Morgan fingerprint density at radius 2 is 1.32 bits per heavy atom. The van der Waals surface area contributed by atoms with Crippen LogP contribution in [0.4, 0.5) is 0 Å². The molecular weight excluding hydrogens is 520 g/mol. The first-order valence-corrected chi connectivity index (χ1v) is 12.8. The fourth-order valence-electron chi connectivity index (χ4n) is 3.89. The fraction of sp³-hybridized carbons (Fsp3) is 0.393. The van der Waals surface area contributed by atoms with Crippen LogP contribution >= 0.6 is 0 Å². The van der Waals surface area contributed by atoms with E-state index >= 15 is 0 Å². The van der Waals surface area contributed by atoms with Crippen LogP contribution in [0.15, 0.2) is 54.6 Å². The highest BCUT2D eigenvalue weighted by Gasteiger charge is 2.32. The molecule has 0 bridgehead atoms. The van der Waals surface area contributed by atoms with Gasteiger partial charge in [-0.3, -0.25) is 19.2 Å². The normalized spacial score (nSPS) is 13.9. The molecule has 2 aromatic carbocycles. The summed E-state index contributed by atoms with van der Waals surface area (Å²) in [7, 11) is 0. The maximum absolute atomic E-state index is 13.3. The Morgan fingerprint density at radius 1 is 0.750 bits per heavy atom. The number of nitrogens with one attached hydrogen (secondary N) is 3. The molecule has 0 aliphatic carbocycles. The van der Waals surface area contributed by atoms with Crippen molar-refractivity contribution in [1.29, 1.82) is 0 Å². The van der Waals surface area contributed by atoms with Crippen LogP contribution < -0.4 is 21.7 Å². The van der Waals surface area contributed by atoms with Crippen molar-refractivity contribution >= 4 is 29.7 Å². The molecule has 3 amide bonds. The average Bonchev–Trinajstić information content (AvgIpc) is 2.90. The van der Waals surface area contributed by atoms with Crippen molar-refractivity contribution in [3.8, 4) is 5.75 Å². The zero-order valence-electron chi connectivity index (χ0n) is 22.4. The number of hydrogen-bond acceptors (Lipinski definition) is 7. The average molecular weight is 557 g/mol. The number of nitrogens with two attached hydrogens (primary N) is 1. The Labute approximate surface area is 232 Å². The molecule has 8 N–H and O–H groups in total. The lowest BCUT2D eigenvalue weighted by Gasteiger charge is -2.27. The van der Waals surface area contributed by atoms with E-state index in [1.807, 2.05) is 30.3 Å². The number of aromatic hydroxyl groups is 1. The third-order valence-electron chi connectivity index (χ3n) is 6.15. The molecule has 4 unspecified atom stereocenters. The molecule has 216 valence electrons. The molecule has 0 fully saturated rings. The molecule has 0 heterocycles. The summed E-state index contributed by atoms with van der Waals surface area (Å²) in [6.07, 6.45) is -0.676. The molecule has 12 heteroatoms. The van der Waals surface area contributed by atoms with E-state index in [0.717, 1.165) is 5.56 Å². The first-order chi connectivity index (χ1) is 18.9. The topological polar surface area (TPSA) is 208 Å². The van der Waals surface area contributed by atoms with Crippen LogP contribution in [0.1, 0.15) is 37.8 Å². The quantitative estimate of drug-likeness (QED) is 0.163. The Bertz CT molecular complexity index is 1170. The molecule has 0 saturated heterocycles. The van der Waals surface area contributed by atoms with Crippen molar-refractivity contribution in [3.05, 3.63) is 65.7 Å². The Morgan fingerprint density at radius 3 is 1.88 bits per heavy atom. The Kier molecular flexibility index (Phi) is 12.1. The van der Waals surface area contributed by atoms with Crippen LogP contribution in [-0.4, -0.2) is 69.1 Å². The monoisotopic (exact) mass is 556 g/mol. The zero-order valence-corrected chi connectivity index (χ0v) is 22.4. The summed E-state index contributed by atoms with van der Waals surface area (Å²) in [5, 5.41) is 35.5. The molecular formula is C28H36N4O8. The van der Waals surface area contributed by atoms with Gasteiger partial charge in [-0.05, 0) is 42.0 Å². The van der Waals surface area contributed by atoms with E-state index in [2.05, 4.69) is 16.0 Å². The smallest absolute Gasteiger partial charge is 0.326 e. The first-order valence-electron chi connectivity index (χ1n) is 12.8. The minimum Gasteiger partial charge on any atom is -0.508 e. The number of phenols is 1. The van der Waals surface area contributed by atoms with E-state index in [1.54, 1.807) is 13.8 Å². The molecule has 0 saturated carbocycles. The number of rotatable bonds is 15. The molecule has 2 aromatic rings. The number of benzene rings is 2. The predicted molar refractivity (Wildman–Crippen MR) is 145 cm³/mol. The molecule has 0 radical (unpaired) electrons. The minimum atomic E-state index is -1.50. The maximum Gasteiger partial charge on any atom is 0.326 e. The van der Waals surface area contributed by atoms with Gasteiger partial charge in [0.25, 0.3) is 0 Å². The van der Waals surface area contributed by atoms with Crippen LogP contribution in [0.5, 0.6) is 5.75 Å². The summed E-state index contributed by atoms with van der Waals surface area (Å²) >= 11 is 0. The van der Waals surface area contributed by atoms with Gasteiger partial charge >= 0.3 is 11.9 Å². The van der Waals surface area contributed by atoms with Gasteiger partial charge in [-0.1, -0.05) is 56.3 Å². The largest absolute Gasteiger partial charge is 0.508 e. The lowest BCUT2D eigenvalue weighted by atomic mass is 9.99. The van der Waals surface area contributed by atoms with Crippen LogP contribution in [-0.2, 0) is 36.8 Å². The van der Waals surface area contributed by atoms with E-state index in [-0.39, 0.29) is 25.0 Å². The number of carboxylic acids is 2. The van der Waals surface area contributed by atoms with Gasteiger partial charge in [0.2, 0.25) is 17.7 Å². The molecule has 2 rings (SSSR count).